The highest BCUT2D eigenvalue weighted by Crippen LogP contribution is 2.25. The van der Waals surface area contributed by atoms with E-state index in [0.717, 1.165) is 45.2 Å². The van der Waals surface area contributed by atoms with Gasteiger partial charge in [-0.25, -0.2) is 4.79 Å². The van der Waals surface area contributed by atoms with Gasteiger partial charge in [-0.2, -0.15) is 0 Å². The largest absolute Gasteiger partial charge is 0.444 e. The number of piperazine rings is 1. The number of hydrogen-bond acceptors (Lipinski definition) is 4. The summed E-state index contributed by atoms with van der Waals surface area (Å²) in [4.78, 5) is 16.3. The minimum atomic E-state index is -0.402. The number of carbonyl (C=O) groups is 1. The van der Waals surface area contributed by atoms with Crippen molar-refractivity contribution < 1.29 is 9.53 Å². The Kier molecular flexibility index (Phi) is 6.50. The van der Waals surface area contributed by atoms with E-state index in [1.54, 1.807) is 0 Å². The summed E-state index contributed by atoms with van der Waals surface area (Å²) in [5.74, 6) is 0.942. The summed E-state index contributed by atoms with van der Waals surface area (Å²) in [6.07, 6.45) is 5.28. The van der Waals surface area contributed by atoms with E-state index in [4.69, 9.17) is 4.74 Å². The lowest BCUT2D eigenvalue weighted by Gasteiger charge is -2.35. The van der Waals surface area contributed by atoms with Crippen LogP contribution in [0.25, 0.3) is 0 Å². The van der Waals surface area contributed by atoms with Gasteiger partial charge in [0.15, 0.2) is 0 Å². The van der Waals surface area contributed by atoms with E-state index < -0.39 is 5.60 Å². The van der Waals surface area contributed by atoms with Crippen molar-refractivity contribution in [3.8, 4) is 0 Å². The van der Waals surface area contributed by atoms with Crippen LogP contribution in [0.4, 0.5) is 4.79 Å². The van der Waals surface area contributed by atoms with Crippen LogP contribution in [0.3, 0.4) is 0 Å². The Morgan fingerprint density at radius 1 is 1.18 bits per heavy atom. The first kappa shape index (κ1) is 17.5. The summed E-state index contributed by atoms with van der Waals surface area (Å²) in [6, 6.07) is 0. The number of nitrogens with zero attached hydrogens (tertiary/aromatic N) is 2. The first-order valence-electron chi connectivity index (χ1n) is 8.85. The van der Waals surface area contributed by atoms with Crippen molar-refractivity contribution in [1.82, 2.24) is 15.1 Å². The number of carbonyl (C=O) groups excluding carboxylic acids is 1. The zero-order valence-corrected chi connectivity index (χ0v) is 14.6. The Bertz CT molecular complexity index is 342. The molecule has 5 nitrogen and oxygen atoms in total. The van der Waals surface area contributed by atoms with Gasteiger partial charge in [-0.15, -0.1) is 0 Å². The van der Waals surface area contributed by atoms with Crippen molar-refractivity contribution in [2.45, 2.75) is 52.1 Å². The number of hydrogen-bond donors (Lipinski definition) is 1. The topological polar surface area (TPSA) is 44.8 Å². The van der Waals surface area contributed by atoms with Crippen LogP contribution in [0.5, 0.6) is 0 Å². The van der Waals surface area contributed by atoms with Gasteiger partial charge < -0.3 is 15.0 Å². The molecule has 2 fully saturated rings. The van der Waals surface area contributed by atoms with E-state index in [2.05, 4.69) is 10.2 Å². The zero-order chi connectivity index (χ0) is 16.0. The fraction of sp³-hybridized carbons (Fsp3) is 0.941. The first-order chi connectivity index (χ1) is 10.4. The van der Waals surface area contributed by atoms with Crippen molar-refractivity contribution in [2.75, 3.05) is 45.8 Å². The standard InChI is InChI=1S/C17H33N3O2/c1-17(2,3)22-16(21)20-12-10-19(11-13-20)9-5-8-18-14-15-6-4-7-15/h15,18H,4-14H2,1-3H3. The van der Waals surface area contributed by atoms with Crippen molar-refractivity contribution >= 4 is 6.09 Å². The summed E-state index contributed by atoms with van der Waals surface area (Å²) < 4.78 is 5.42. The van der Waals surface area contributed by atoms with Gasteiger partial charge in [-0.05, 0) is 65.6 Å². The van der Waals surface area contributed by atoms with Crippen LogP contribution < -0.4 is 5.32 Å². The normalized spacial score (nSPS) is 20.8. The Morgan fingerprint density at radius 2 is 1.86 bits per heavy atom. The summed E-state index contributed by atoms with van der Waals surface area (Å²) in [5, 5.41) is 3.57. The molecular weight excluding hydrogens is 278 g/mol. The summed E-state index contributed by atoms with van der Waals surface area (Å²) in [7, 11) is 0. The summed E-state index contributed by atoms with van der Waals surface area (Å²) >= 11 is 0. The first-order valence-corrected chi connectivity index (χ1v) is 8.85. The second-order valence-corrected chi connectivity index (χ2v) is 7.66. The molecule has 0 bridgehead atoms. The summed E-state index contributed by atoms with van der Waals surface area (Å²) in [5.41, 5.74) is -0.402. The lowest BCUT2D eigenvalue weighted by molar-refractivity contribution is 0.0144. The van der Waals surface area contributed by atoms with Gasteiger partial charge in [0.1, 0.15) is 5.60 Å². The average Bonchev–Trinajstić information content (AvgIpc) is 2.39. The van der Waals surface area contributed by atoms with Gasteiger partial charge in [-0.3, -0.25) is 4.90 Å². The van der Waals surface area contributed by atoms with E-state index in [-0.39, 0.29) is 6.09 Å². The molecule has 1 saturated heterocycles. The van der Waals surface area contributed by atoms with E-state index in [0.29, 0.717) is 0 Å². The van der Waals surface area contributed by atoms with E-state index in [1.165, 1.54) is 32.2 Å². The molecule has 1 aliphatic heterocycles. The van der Waals surface area contributed by atoms with Gasteiger partial charge in [0.05, 0.1) is 0 Å². The molecule has 5 heteroatoms. The van der Waals surface area contributed by atoms with E-state index in [1.807, 2.05) is 25.7 Å². The molecule has 1 heterocycles. The number of nitrogens with one attached hydrogen (secondary N) is 1. The van der Waals surface area contributed by atoms with Crippen LogP contribution in [0.2, 0.25) is 0 Å². The lowest BCUT2D eigenvalue weighted by Crippen LogP contribution is -2.50. The second kappa shape index (κ2) is 8.16. The van der Waals surface area contributed by atoms with Crippen molar-refractivity contribution in [2.24, 2.45) is 5.92 Å². The minimum absolute atomic E-state index is 0.172. The van der Waals surface area contributed by atoms with Crippen molar-refractivity contribution in [3.63, 3.8) is 0 Å². The molecule has 1 aliphatic carbocycles. The SMILES string of the molecule is CC(C)(C)OC(=O)N1CCN(CCCNCC2CCC2)CC1. The van der Waals surface area contributed by atoms with Crippen LogP contribution in [0.15, 0.2) is 0 Å². The quantitative estimate of drug-likeness (QED) is 0.765. The minimum Gasteiger partial charge on any atom is -0.444 e. The van der Waals surface area contributed by atoms with Gasteiger partial charge >= 0.3 is 6.09 Å². The van der Waals surface area contributed by atoms with Crippen LogP contribution in [-0.4, -0.2) is 67.3 Å². The van der Waals surface area contributed by atoms with Crippen LogP contribution in [0, 0.1) is 5.92 Å². The predicted molar refractivity (Wildman–Crippen MR) is 89.1 cm³/mol. The van der Waals surface area contributed by atoms with Crippen LogP contribution in [0.1, 0.15) is 46.5 Å². The Balaban J connectivity index is 1.52. The van der Waals surface area contributed by atoms with Gasteiger partial charge in [0, 0.05) is 26.2 Å². The predicted octanol–water partition coefficient (Wildman–Crippen LogP) is 2.32. The van der Waals surface area contributed by atoms with Gasteiger partial charge in [0.2, 0.25) is 0 Å². The monoisotopic (exact) mass is 311 g/mol. The highest BCUT2D eigenvalue weighted by atomic mass is 16.6. The van der Waals surface area contributed by atoms with Crippen LogP contribution in [-0.2, 0) is 4.74 Å². The third kappa shape index (κ3) is 6.13. The molecule has 1 amide bonds. The van der Waals surface area contributed by atoms with Crippen molar-refractivity contribution in [3.05, 3.63) is 0 Å². The molecule has 2 aliphatic rings. The highest BCUT2D eigenvalue weighted by molar-refractivity contribution is 5.68. The molecule has 22 heavy (non-hydrogen) atoms. The maximum atomic E-state index is 12.0. The van der Waals surface area contributed by atoms with Crippen molar-refractivity contribution in [1.29, 1.82) is 0 Å². The maximum absolute atomic E-state index is 12.0. The Labute approximate surface area is 135 Å². The Morgan fingerprint density at radius 3 is 2.41 bits per heavy atom. The third-order valence-corrected chi connectivity index (χ3v) is 4.51. The number of amides is 1. The molecule has 0 aromatic carbocycles. The lowest BCUT2D eigenvalue weighted by atomic mass is 9.85. The van der Waals surface area contributed by atoms with Gasteiger partial charge in [0.25, 0.3) is 0 Å². The third-order valence-electron chi connectivity index (χ3n) is 4.51. The number of rotatable bonds is 6. The van der Waals surface area contributed by atoms with Gasteiger partial charge in [-0.1, -0.05) is 6.42 Å². The Hall–Kier alpha value is -0.810. The molecule has 0 radical (unpaired) electrons. The molecule has 0 atom stereocenters. The molecular formula is C17H33N3O2. The fourth-order valence-electron chi connectivity index (χ4n) is 2.91. The molecule has 0 aromatic rings. The number of ether oxygens (including phenoxy) is 1. The molecule has 1 saturated carbocycles. The molecule has 0 aromatic heterocycles. The second-order valence-electron chi connectivity index (χ2n) is 7.66. The molecule has 2 rings (SSSR count). The average molecular weight is 311 g/mol. The molecule has 0 unspecified atom stereocenters. The molecule has 128 valence electrons. The fourth-order valence-corrected chi connectivity index (χ4v) is 2.91. The highest BCUT2D eigenvalue weighted by Gasteiger charge is 2.25. The van der Waals surface area contributed by atoms with Crippen LogP contribution >= 0.6 is 0 Å². The zero-order valence-electron chi connectivity index (χ0n) is 14.6. The smallest absolute Gasteiger partial charge is 0.410 e. The van der Waals surface area contributed by atoms with E-state index in [9.17, 15) is 4.79 Å². The van der Waals surface area contributed by atoms with E-state index >= 15 is 0 Å². The molecule has 0 spiro atoms. The molecule has 1 N–H and O–H groups in total. The maximum Gasteiger partial charge on any atom is 0.410 e. The summed E-state index contributed by atoms with van der Waals surface area (Å²) in [6.45, 7) is 12.7.